The standard InChI is InChI=1S/C8H14S/c1-4-6-8(9-3)7-5-2/h1,8H,5-7H2,2-3H3. The molecule has 0 radical (unpaired) electrons. The van der Waals surface area contributed by atoms with Crippen LogP contribution in [0.4, 0.5) is 0 Å². The number of thioether (sulfide) groups is 1. The third-order valence-corrected chi connectivity index (χ3v) is 2.36. The summed E-state index contributed by atoms with van der Waals surface area (Å²) in [6.45, 7) is 2.19. The lowest BCUT2D eigenvalue weighted by Gasteiger charge is -2.07. The Morgan fingerprint density at radius 3 is 2.67 bits per heavy atom. The normalized spacial score (nSPS) is 12.6. The fraction of sp³-hybridized carbons (Fsp3) is 0.750. The van der Waals surface area contributed by atoms with E-state index in [1.165, 1.54) is 12.8 Å². The minimum Gasteiger partial charge on any atom is -0.161 e. The molecule has 0 aromatic heterocycles. The van der Waals surface area contributed by atoms with Crippen molar-refractivity contribution in [2.45, 2.75) is 31.4 Å². The summed E-state index contributed by atoms with van der Waals surface area (Å²) in [5.74, 6) is 2.68. The maximum absolute atomic E-state index is 5.17. The Balaban J connectivity index is 3.32. The van der Waals surface area contributed by atoms with Gasteiger partial charge in [0.1, 0.15) is 0 Å². The van der Waals surface area contributed by atoms with E-state index in [9.17, 15) is 0 Å². The molecule has 0 bridgehead atoms. The molecular weight excluding hydrogens is 128 g/mol. The van der Waals surface area contributed by atoms with Crippen molar-refractivity contribution in [3.8, 4) is 12.3 Å². The first-order chi connectivity index (χ1) is 4.35. The van der Waals surface area contributed by atoms with E-state index in [0.29, 0.717) is 5.25 Å². The van der Waals surface area contributed by atoms with E-state index in [1.54, 1.807) is 0 Å². The average molecular weight is 142 g/mol. The molecule has 52 valence electrons. The molecule has 0 aromatic rings. The predicted molar refractivity (Wildman–Crippen MR) is 45.7 cm³/mol. The molecule has 0 N–H and O–H groups in total. The third-order valence-electron chi connectivity index (χ3n) is 1.29. The molecule has 0 fully saturated rings. The lowest BCUT2D eigenvalue weighted by molar-refractivity contribution is 0.756. The Bertz CT molecular complexity index is 91.2. The molecule has 0 amide bonds. The van der Waals surface area contributed by atoms with Gasteiger partial charge in [-0.05, 0) is 12.7 Å². The van der Waals surface area contributed by atoms with Gasteiger partial charge in [-0.2, -0.15) is 11.8 Å². The molecule has 0 rings (SSSR count). The van der Waals surface area contributed by atoms with Gasteiger partial charge in [0.25, 0.3) is 0 Å². The minimum absolute atomic E-state index is 0.694. The highest BCUT2D eigenvalue weighted by atomic mass is 32.2. The Kier molecular flexibility index (Phi) is 5.98. The predicted octanol–water partition coefficient (Wildman–Crippen LogP) is 2.54. The van der Waals surface area contributed by atoms with Crippen LogP contribution in [0.1, 0.15) is 26.2 Å². The maximum atomic E-state index is 5.17. The molecule has 0 aliphatic heterocycles. The lowest BCUT2D eigenvalue weighted by atomic mass is 10.2. The molecule has 9 heavy (non-hydrogen) atoms. The van der Waals surface area contributed by atoms with E-state index in [2.05, 4.69) is 19.1 Å². The quantitative estimate of drug-likeness (QED) is 0.544. The summed E-state index contributed by atoms with van der Waals surface area (Å²) in [6, 6.07) is 0. The molecule has 0 spiro atoms. The first kappa shape index (κ1) is 8.91. The summed E-state index contributed by atoms with van der Waals surface area (Å²) in [4.78, 5) is 0. The van der Waals surface area contributed by atoms with Crippen LogP contribution in [-0.4, -0.2) is 11.5 Å². The van der Waals surface area contributed by atoms with E-state index in [4.69, 9.17) is 6.42 Å². The molecule has 0 aromatic carbocycles. The second-order valence-corrected chi connectivity index (χ2v) is 3.19. The Hall–Kier alpha value is -0.0900. The van der Waals surface area contributed by atoms with E-state index in [0.717, 1.165) is 6.42 Å². The summed E-state index contributed by atoms with van der Waals surface area (Å²) in [5, 5.41) is 0.694. The summed E-state index contributed by atoms with van der Waals surface area (Å²) >= 11 is 1.88. The van der Waals surface area contributed by atoms with Gasteiger partial charge in [-0.15, -0.1) is 12.3 Å². The van der Waals surface area contributed by atoms with Crippen LogP contribution < -0.4 is 0 Å². The number of hydrogen-bond acceptors (Lipinski definition) is 1. The topological polar surface area (TPSA) is 0 Å². The highest BCUT2D eigenvalue weighted by molar-refractivity contribution is 7.99. The molecule has 1 heteroatoms. The largest absolute Gasteiger partial charge is 0.161 e. The zero-order valence-corrected chi connectivity index (χ0v) is 7.00. The molecule has 1 atom stereocenters. The lowest BCUT2D eigenvalue weighted by Crippen LogP contribution is -1.98. The first-order valence-electron chi connectivity index (χ1n) is 3.31. The number of rotatable bonds is 4. The van der Waals surface area contributed by atoms with Crippen LogP contribution in [0.3, 0.4) is 0 Å². The summed E-state index contributed by atoms with van der Waals surface area (Å²) < 4.78 is 0. The second kappa shape index (κ2) is 6.04. The molecule has 0 nitrogen and oxygen atoms in total. The molecular formula is C8H14S. The van der Waals surface area contributed by atoms with Gasteiger partial charge in [0.05, 0.1) is 0 Å². The maximum Gasteiger partial charge on any atom is 0.0205 e. The van der Waals surface area contributed by atoms with Gasteiger partial charge in [-0.3, -0.25) is 0 Å². The number of hydrogen-bond donors (Lipinski definition) is 0. The van der Waals surface area contributed by atoms with Gasteiger partial charge in [0.15, 0.2) is 0 Å². The smallest absolute Gasteiger partial charge is 0.0205 e. The highest BCUT2D eigenvalue weighted by Crippen LogP contribution is 2.15. The Morgan fingerprint density at radius 2 is 2.33 bits per heavy atom. The van der Waals surface area contributed by atoms with Crippen molar-refractivity contribution in [3.63, 3.8) is 0 Å². The van der Waals surface area contributed by atoms with E-state index >= 15 is 0 Å². The van der Waals surface area contributed by atoms with Crippen molar-refractivity contribution in [2.75, 3.05) is 6.26 Å². The third kappa shape index (κ3) is 4.42. The van der Waals surface area contributed by atoms with Gasteiger partial charge in [-0.1, -0.05) is 13.3 Å². The Labute approximate surface area is 62.4 Å². The zero-order valence-electron chi connectivity index (χ0n) is 6.18. The number of terminal acetylenes is 1. The van der Waals surface area contributed by atoms with Crippen molar-refractivity contribution in [2.24, 2.45) is 0 Å². The average Bonchev–Trinajstić information content (AvgIpc) is 1.88. The van der Waals surface area contributed by atoms with Gasteiger partial charge >= 0.3 is 0 Å². The monoisotopic (exact) mass is 142 g/mol. The zero-order chi connectivity index (χ0) is 7.11. The van der Waals surface area contributed by atoms with E-state index in [1.807, 2.05) is 11.8 Å². The van der Waals surface area contributed by atoms with Gasteiger partial charge in [-0.25, -0.2) is 0 Å². The van der Waals surface area contributed by atoms with Crippen LogP contribution in [0.25, 0.3) is 0 Å². The van der Waals surface area contributed by atoms with E-state index < -0.39 is 0 Å². The summed E-state index contributed by atoms with van der Waals surface area (Å²) in [6.07, 6.45) is 10.7. The summed E-state index contributed by atoms with van der Waals surface area (Å²) in [5.41, 5.74) is 0. The van der Waals surface area contributed by atoms with Gasteiger partial charge in [0, 0.05) is 11.7 Å². The van der Waals surface area contributed by atoms with Crippen molar-refractivity contribution in [1.29, 1.82) is 0 Å². The van der Waals surface area contributed by atoms with Crippen LogP contribution in [0.15, 0.2) is 0 Å². The molecule has 0 aliphatic carbocycles. The summed E-state index contributed by atoms with van der Waals surface area (Å²) in [7, 11) is 0. The van der Waals surface area contributed by atoms with Gasteiger partial charge < -0.3 is 0 Å². The fourth-order valence-electron chi connectivity index (χ4n) is 0.757. The SMILES string of the molecule is C#CCC(CCC)SC. The van der Waals surface area contributed by atoms with Crippen LogP contribution >= 0.6 is 11.8 Å². The Morgan fingerprint density at radius 1 is 1.67 bits per heavy atom. The fourth-order valence-corrected chi connectivity index (χ4v) is 1.49. The van der Waals surface area contributed by atoms with Crippen LogP contribution in [-0.2, 0) is 0 Å². The van der Waals surface area contributed by atoms with Crippen LogP contribution in [0.2, 0.25) is 0 Å². The van der Waals surface area contributed by atoms with Crippen LogP contribution in [0.5, 0.6) is 0 Å². The second-order valence-electron chi connectivity index (χ2n) is 2.05. The molecule has 0 saturated heterocycles. The molecule has 0 heterocycles. The molecule has 0 aliphatic rings. The van der Waals surface area contributed by atoms with Crippen molar-refractivity contribution in [1.82, 2.24) is 0 Å². The van der Waals surface area contributed by atoms with Crippen molar-refractivity contribution >= 4 is 11.8 Å². The minimum atomic E-state index is 0.694. The first-order valence-corrected chi connectivity index (χ1v) is 4.60. The molecule has 0 saturated carbocycles. The van der Waals surface area contributed by atoms with Crippen molar-refractivity contribution < 1.29 is 0 Å². The molecule has 1 unspecified atom stereocenters. The van der Waals surface area contributed by atoms with Gasteiger partial charge in [0.2, 0.25) is 0 Å². The highest BCUT2D eigenvalue weighted by Gasteiger charge is 2.01. The van der Waals surface area contributed by atoms with Crippen LogP contribution in [0, 0.1) is 12.3 Å². The van der Waals surface area contributed by atoms with Crippen molar-refractivity contribution in [3.05, 3.63) is 0 Å². The van der Waals surface area contributed by atoms with E-state index in [-0.39, 0.29) is 0 Å².